The maximum atomic E-state index is 5.32. The van der Waals surface area contributed by atoms with Gasteiger partial charge in [0, 0.05) is 21.2 Å². The fourth-order valence-electron chi connectivity index (χ4n) is 0.210. The summed E-state index contributed by atoms with van der Waals surface area (Å²) in [5, 5.41) is 0. The van der Waals surface area contributed by atoms with Gasteiger partial charge in [-0.05, 0) is 12.5 Å². The average molecular weight is 247 g/mol. The van der Waals surface area contributed by atoms with E-state index in [0.717, 1.165) is 6.61 Å². The molecule has 0 aromatic carbocycles. The van der Waals surface area contributed by atoms with Crippen molar-refractivity contribution >= 4 is 30.4 Å². The number of hydrogen-bond acceptors (Lipinski definition) is 3. The largest absolute Gasteiger partial charge is 0.330 e. The summed E-state index contributed by atoms with van der Waals surface area (Å²) in [7, 11) is 1.36. The molecule has 0 aliphatic carbocycles. The van der Waals surface area contributed by atoms with Gasteiger partial charge in [0.1, 0.15) is 0 Å². The van der Waals surface area contributed by atoms with Crippen LogP contribution in [-0.4, -0.2) is 13.2 Å². The summed E-state index contributed by atoms with van der Waals surface area (Å²) < 4.78 is 5.01. The summed E-state index contributed by atoms with van der Waals surface area (Å²) >= 11 is 2.09. The monoisotopic (exact) mass is 247 g/mol. The molecule has 0 heterocycles. The van der Waals surface area contributed by atoms with Crippen LogP contribution in [0.5, 0.6) is 0 Å². The normalized spacial score (nSPS) is 13.9. The second-order valence-electron chi connectivity index (χ2n) is 1.69. The molecule has 0 aliphatic heterocycles. The van der Waals surface area contributed by atoms with Crippen LogP contribution in [0.2, 0.25) is 0 Å². The lowest BCUT2D eigenvalue weighted by atomic mass is 10.2. The maximum Gasteiger partial charge on any atom is 0.0661 e. The standard InChI is InChI=1S/C4H10INOS/c1-4(2-6)3-7-8-5/h4H,2-3,6H2,1H3. The first-order chi connectivity index (χ1) is 3.81. The Bertz CT molecular complexity index is 55.3. The molecular formula is C4H10INOS. The predicted octanol–water partition coefficient (Wildman–Crippen LogP) is 1.60. The fraction of sp³-hybridized carbons (Fsp3) is 1.00. The van der Waals surface area contributed by atoms with Gasteiger partial charge in [0.05, 0.1) is 15.8 Å². The highest BCUT2D eigenvalue weighted by Crippen LogP contribution is 2.13. The first kappa shape index (κ1) is 9.00. The average Bonchev–Trinajstić information content (AvgIpc) is 1.83. The van der Waals surface area contributed by atoms with E-state index in [4.69, 9.17) is 9.92 Å². The molecule has 2 N–H and O–H groups in total. The Kier molecular flexibility index (Phi) is 6.89. The summed E-state index contributed by atoms with van der Waals surface area (Å²) in [6.45, 7) is 3.52. The third kappa shape index (κ3) is 5.14. The highest BCUT2D eigenvalue weighted by Gasteiger charge is 1.96. The molecule has 0 radical (unpaired) electrons. The molecule has 0 amide bonds. The van der Waals surface area contributed by atoms with E-state index in [1.807, 2.05) is 0 Å². The summed E-state index contributed by atoms with van der Waals surface area (Å²) in [6, 6.07) is 0. The van der Waals surface area contributed by atoms with Crippen molar-refractivity contribution in [2.45, 2.75) is 6.92 Å². The number of rotatable bonds is 4. The number of halogens is 1. The Morgan fingerprint density at radius 3 is 2.88 bits per heavy atom. The Balaban J connectivity index is 2.86. The molecule has 0 aromatic heterocycles. The molecule has 0 bridgehead atoms. The van der Waals surface area contributed by atoms with Crippen LogP contribution in [0.25, 0.3) is 0 Å². The second-order valence-corrected chi connectivity index (χ2v) is 3.13. The molecule has 0 rings (SSSR count). The van der Waals surface area contributed by atoms with Gasteiger partial charge < -0.3 is 9.92 Å². The van der Waals surface area contributed by atoms with Crippen LogP contribution in [-0.2, 0) is 4.18 Å². The van der Waals surface area contributed by atoms with Gasteiger partial charge in [-0.25, -0.2) is 0 Å². The summed E-state index contributed by atoms with van der Waals surface area (Å²) in [5.74, 6) is 0.484. The predicted molar refractivity (Wildman–Crippen MR) is 45.8 cm³/mol. The van der Waals surface area contributed by atoms with Gasteiger partial charge in [0.25, 0.3) is 0 Å². The van der Waals surface area contributed by atoms with Crippen molar-refractivity contribution in [3.05, 3.63) is 0 Å². The van der Waals surface area contributed by atoms with E-state index in [-0.39, 0.29) is 0 Å². The summed E-state index contributed by atoms with van der Waals surface area (Å²) in [5.41, 5.74) is 5.32. The third-order valence-electron chi connectivity index (χ3n) is 0.799. The highest BCUT2D eigenvalue weighted by atomic mass is 127. The van der Waals surface area contributed by atoms with Crippen molar-refractivity contribution in [3.63, 3.8) is 0 Å². The SMILES string of the molecule is CC(CN)COSI. The van der Waals surface area contributed by atoms with Gasteiger partial charge in [-0.15, -0.1) is 0 Å². The van der Waals surface area contributed by atoms with Crippen LogP contribution in [0.3, 0.4) is 0 Å². The molecular weight excluding hydrogens is 237 g/mol. The zero-order chi connectivity index (χ0) is 6.41. The smallest absolute Gasteiger partial charge is 0.0661 e. The van der Waals surface area contributed by atoms with Gasteiger partial charge in [0.15, 0.2) is 0 Å². The topological polar surface area (TPSA) is 35.2 Å². The number of nitrogens with two attached hydrogens (primary N) is 1. The summed E-state index contributed by atoms with van der Waals surface area (Å²) in [4.78, 5) is 0. The van der Waals surface area contributed by atoms with Crippen LogP contribution in [0, 0.1) is 5.92 Å². The highest BCUT2D eigenvalue weighted by molar-refractivity contribution is 14.2. The van der Waals surface area contributed by atoms with Crippen molar-refractivity contribution in [3.8, 4) is 0 Å². The quantitative estimate of drug-likeness (QED) is 0.605. The molecule has 0 saturated heterocycles. The van der Waals surface area contributed by atoms with Crippen molar-refractivity contribution in [1.82, 2.24) is 0 Å². The minimum atomic E-state index is 0.484. The van der Waals surface area contributed by atoms with Crippen LogP contribution in [0.4, 0.5) is 0 Å². The number of hydrogen-bond donors (Lipinski definition) is 1. The van der Waals surface area contributed by atoms with Gasteiger partial charge >= 0.3 is 0 Å². The minimum absolute atomic E-state index is 0.484. The van der Waals surface area contributed by atoms with Crippen molar-refractivity contribution in [1.29, 1.82) is 0 Å². The van der Waals surface area contributed by atoms with Crippen molar-refractivity contribution < 1.29 is 4.18 Å². The maximum absolute atomic E-state index is 5.32. The lowest BCUT2D eigenvalue weighted by molar-refractivity contribution is 0.311. The zero-order valence-electron chi connectivity index (χ0n) is 4.76. The molecule has 0 spiro atoms. The molecule has 0 saturated carbocycles. The molecule has 1 unspecified atom stereocenters. The lowest BCUT2D eigenvalue weighted by Crippen LogP contribution is -2.14. The van der Waals surface area contributed by atoms with E-state index in [2.05, 4.69) is 28.1 Å². The summed E-state index contributed by atoms with van der Waals surface area (Å²) in [6.07, 6.45) is 0. The van der Waals surface area contributed by atoms with Crippen molar-refractivity contribution in [2.24, 2.45) is 11.7 Å². The fourth-order valence-corrected chi connectivity index (χ4v) is 0.934. The van der Waals surface area contributed by atoms with Gasteiger partial charge in [-0.3, -0.25) is 0 Å². The Morgan fingerprint density at radius 2 is 2.50 bits per heavy atom. The van der Waals surface area contributed by atoms with E-state index in [1.54, 1.807) is 0 Å². The van der Waals surface area contributed by atoms with Gasteiger partial charge in [-0.1, -0.05) is 6.92 Å². The molecule has 2 nitrogen and oxygen atoms in total. The lowest BCUT2D eigenvalue weighted by Gasteiger charge is -2.03. The van der Waals surface area contributed by atoms with Crippen LogP contribution < -0.4 is 5.73 Å². The Morgan fingerprint density at radius 1 is 1.88 bits per heavy atom. The third-order valence-corrected chi connectivity index (χ3v) is 1.79. The van der Waals surface area contributed by atoms with E-state index in [0.29, 0.717) is 12.5 Å². The molecule has 8 heavy (non-hydrogen) atoms. The molecule has 0 fully saturated rings. The minimum Gasteiger partial charge on any atom is -0.330 e. The first-order valence-electron chi connectivity index (χ1n) is 2.41. The molecule has 0 aliphatic rings. The van der Waals surface area contributed by atoms with Crippen LogP contribution in [0.15, 0.2) is 0 Å². The van der Waals surface area contributed by atoms with Crippen molar-refractivity contribution in [2.75, 3.05) is 13.2 Å². The van der Waals surface area contributed by atoms with E-state index in [1.165, 1.54) is 9.21 Å². The second kappa shape index (κ2) is 6.12. The molecule has 0 aromatic rings. The Labute approximate surface area is 66.3 Å². The van der Waals surface area contributed by atoms with E-state index >= 15 is 0 Å². The molecule has 50 valence electrons. The van der Waals surface area contributed by atoms with Gasteiger partial charge in [-0.2, -0.15) is 0 Å². The van der Waals surface area contributed by atoms with Crippen LogP contribution >= 0.6 is 30.4 Å². The Hall–Kier alpha value is 1.00. The van der Waals surface area contributed by atoms with E-state index in [9.17, 15) is 0 Å². The molecule has 1 atom stereocenters. The van der Waals surface area contributed by atoms with Gasteiger partial charge in [0.2, 0.25) is 0 Å². The molecule has 4 heteroatoms. The zero-order valence-corrected chi connectivity index (χ0v) is 7.74. The first-order valence-corrected chi connectivity index (χ1v) is 5.70. The van der Waals surface area contributed by atoms with E-state index < -0.39 is 0 Å². The van der Waals surface area contributed by atoms with Crippen LogP contribution in [0.1, 0.15) is 6.92 Å².